The molecule has 1 aliphatic rings. The van der Waals surface area contributed by atoms with Gasteiger partial charge in [-0.2, -0.15) is 5.10 Å². The normalized spacial score (nSPS) is 21.3. The molecule has 0 saturated heterocycles. The summed E-state index contributed by atoms with van der Waals surface area (Å²) in [5, 5.41) is 5.69. The van der Waals surface area contributed by atoms with Gasteiger partial charge < -0.3 is 0 Å². The molecule has 1 aliphatic heterocycles. The maximum atomic E-state index is 11.7. The zero-order valence-electron chi connectivity index (χ0n) is 8.27. The van der Waals surface area contributed by atoms with Gasteiger partial charge in [-0.1, -0.05) is 18.2 Å². The third kappa shape index (κ3) is 1.31. The van der Waals surface area contributed by atoms with Crippen LogP contribution in [0, 0.1) is 5.92 Å². The Morgan fingerprint density at radius 1 is 1.29 bits per heavy atom. The molecule has 0 bridgehead atoms. The van der Waals surface area contributed by atoms with Gasteiger partial charge in [-0.15, -0.1) is 0 Å². The Labute approximate surface area is 83.0 Å². The van der Waals surface area contributed by atoms with E-state index in [0.717, 1.165) is 11.4 Å². The second-order valence-electron chi connectivity index (χ2n) is 3.45. The average molecular weight is 188 g/mol. The fraction of sp³-hybridized carbons (Fsp3) is 0.273. The van der Waals surface area contributed by atoms with Gasteiger partial charge in [0.15, 0.2) is 0 Å². The van der Waals surface area contributed by atoms with Crippen LogP contribution >= 0.6 is 0 Å². The Morgan fingerprint density at radius 3 is 2.43 bits per heavy atom. The highest BCUT2D eigenvalue weighted by atomic mass is 16.2. The summed E-state index contributed by atoms with van der Waals surface area (Å²) in [4.78, 5) is 11.7. The molecule has 0 aromatic heterocycles. The van der Waals surface area contributed by atoms with Crippen LogP contribution in [0.4, 0.5) is 5.69 Å². The Bertz CT molecular complexity index is 384. The summed E-state index contributed by atoms with van der Waals surface area (Å²) in [7, 11) is 0. The largest absolute Gasteiger partial charge is 0.272 e. The lowest BCUT2D eigenvalue weighted by Crippen LogP contribution is -2.24. The second-order valence-corrected chi connectivity index (χ2v) is 3.45. The fourth-order valence-electron chi connectivity index (χ4n) is 1.41. The molecule has 0 radical (unpaired) electrons. The summed E-state index contributed by atoms with van der Waals surface area (Å²) in [6.45, 7) is 3.76. The van der Waals surface area contributed by atoms with Gasteiger partial charge in [-0.3, -0.25) is 4.79 Å². The van der Waals surface area contributed by atoms with Gasteiger partial charge in [-0.05, 0) is 26.0 Å². The first-order valence-corrected chi connectivity index (χ1v) is 4.64. The predicted molar refractivity (Wildman–Crippen MR) is 56.2 cm³/mol. The molecular formula is C11H12N2O. The van der Waals surface area contributed by atoms with Crippen molar-refractivity contribution in [1.82, 2.24) is 0 Å². The lowest BCUT2D eigenvalue weighted by Gasteiger charge is -2.11. The quantitative estimate of drug-likeness (QED) is 0.663. The van der Waals surface area contributed by atoms with Crippen LogP contribution in [0.15, 0.2) is 35.4 Å². The molecule has 0 unspecified atom stereocenters. The molecule has 2 rings (SSSR count). The highest BCUT2D eigenvalue weighted by Crippen LogP contribution is 2.22. The summed E-state index contributed by atoms with van der Waals surface area (Å²) in [6.07, 6.45) is 0. The summed E-state index contributed by atoms with van der Waals surface area (Å²) in [5.74, 6) is -0.0380. The molecule has 1 heterocycles. The lowest BCUT2D eigenvalue weighted by molar-refractivity contribution is -0.119. The fourth-order valence-corrected chi connectivity index (χ4v) is 1.41. The van der Waals surface area contributed by atoms with Crippen molar-refractivity contribution in [1.29, 1.82) is 0 Å². The van der Waals surface area contributed by atoms with Crippen molar-refractivity contribution in [3.8, 4) is 0 Å². The third-order valence-electron chi connectivity index (χ3n) is 2.46. The van der Waals surface area contributed by atoms with Crippen LogP contribution in [0.5, 0.6) is 0 Å². The molecule has 0 spiro atoms. The molecule has 72 valence electrons. The van der Waals surface area contributed by atoms with E-state index in [2.05, 4.69) is 5.10 Å². The smallest absolute Gasteiger partial charge is 0.255 e. The molecule has 1 amide bonds. The molecule has 1 aromatic carbocycles. The first-order valence-electron chi connectivity index (χ1n) is 4.64. The van der Waals surface area contributed by atoms with Gasteiger partial charge >= 0.3 is 0 Å². The summed E-state index contributed by atoms with van der Waals surface area (Å²) in [5.41, 5.74) is 1.71. The number of amides is 1. The van der Waals surface area contributed by atoms with Crippen molar-refractivity contribution in [3.05, 3.63) is 30.3 Å². The van der Waals surface area contributed by atoms with Crippen molar-refractivity contribution < 1.29 is 4.79 Å². The van der Waals surface area contributed by atoms with E-state index in [1.54, 1.807) is 0 Å². The first-order chi connectivity index (χ1) is 6.70. The summed E-state index contributed by atoms with van der Waals surface area (Å²) in [6, 6.07) is 9.48. The first kappa shape index (κ1) is 8.94. The van der Waals surface area contributed by atoms with Crippen LogP contribution in [0.25, 0.3) is 0 Å². The van der Waals surface area contributed by atoms with E-state index in [4.69, 9.17) is 0 Å². The Kier molecular flexibility index (Phi) is 2.08. The molecule has 0 saturated carbocycles. The second kappa shape index (κ2) is 3.25. The van der Waals surface area contributed by atoms with Gasteiger partial charge in [0.1, 0.15) is 0 Å². The number of para-hydroxylation sites is 1. The standard InChI is InChI=1S/C11H12N2O/c1-8-9(2)12-13(11(8)14)10-6-4-3-5-7-10/h3-8H,1-2H3/t8-/m0/s1. The monoisotopic (exact) mass is 188 g/mol. The number of rotatable bonds is 1. The average Bonchev–Trinajstić information content (AvgIpc) is 2.47. The minimum absolute atomic E-state index is 0.0497. The van der Waals surface area contributed by atoms with Crippen molar-refractivity contribution in [2.75, 3.05) is 5.01 Å². The molecular weight excluding hydrogens is 176 g/mol. The van der Waals surface area contributed by atoms with Crippen molar-refractivity contribution in [2.45, 2.75) is 13.8 Å². The Balaban J connectivity index is 2.35. The molecule has 0 aliphatic carbocycles. The van der Waals surface area contributed by atoms with E-state index < -0.39 is 0 Å². The van der Waals surface area contributed by atoms with E-state index in [0.29, 0.717) is 0 Å². The van der Waals surface area contributed by atoms with E-state index in [1.165, 1.54) is 5.01 Å². The number of carbonyl (C=O) groups excluding carboxylic acids is 1. The number of anilines is 1. The predicted octanol–water partition coefficient (Wildman–Crippen LogP) is 2.05. The van der Waals surface area contributed by atoms with E-state index in [9.17, 15) is 4.79 Å². The van der Waals surface area contributed by atoms with Crippen LogP contribution < -0.4 is 5.01 Å². The highest BCUT2D eigenvalue weighted by molar-refractivity contribution is 6.14. The van der Waals surface area contributed by atoms with Crippen molar-refractivity contribution >= 4 is 17.3 Å². The lowest BCUT2D eigenvalue weighted by atomic mass is 10.1. The molecule has 0 fully saturated rings. The highest BCUT2D eigenvalue weighted by Gasteiger charge is 2.30. The van der Waals surface area contributed by atoms with Crippen molar-refractivity contribution in [2.24, 2.45) is 11.0 Å². The molecule has 3 heteroatoms. The van der Waals surface area contributed by atoms with Crippen LogP contribution in [-0.4, -0.2) is 11.6 Å². The number of nitrogens with zero attached hydrogens (tertiary/aromatic N) is 2. The van der Waals surface area contributed by atoms with E-state index in [1.807, 2.05) is 44.2 Å². The zero-order valence-corrected chi connectivity index (χ0v) is 8.27. The van der Waals surface area contributed by atoms with Gasteiger partial charge in [0.05, 0.1) is 11.6 Å². The SMILES string of the molecule is CC1=NN(c2ccccc2)C(=O)[C@H]1C. The molecule has 3 nitrogen and oxygen atoms in total. The van der Waals surface area contributed by atoms with E-state index in [-0.39, 0.29) is 11.8 Å². The van der Waals surface area contributed by atoms with E-state index >= 15 is 0 Å². The minimum atomic E-state index is -0.0878. The number of hydrogen-bond acceptors (Lipinski definition) is 2. The number of carbonyl (C=O) groups is 1. The molecule has 1 aromatic rings. The molecule has 0 N–H and O–H groups in total. The van der Waals surface area contributed by atoms with Crippen molar-refractivity contribution in [3.63, 3.8) is 0 Å². The van der Waals surface area contributed by atoms with Crippen LogP contribution in [0.1, 0.15) is 13.8 Å². The Morgan fingerprint density at radius 2 is 1.93 bits per heavy atom. The van der Waals surface area contributed by atoms with Gasteiger partial charge in [0.2, 0.25) is 0 Å². The maximum Gasteiger partial charge on any atom is 0.255 e. The van der Waals surface area contributed by atoms with Gasteiger partial charge in [0, 0.05) is 5.71 Å². The number of benzene rings is 1. The topological polar surface area (TPSA) is 32.7 Å². The third-order valence-corrected chi connectivity index (χ3v) is 2.46. The number of hydrogen-bond donors (Lipinski definition) is 0. The maximum absolute atomic E-state index is 11.7. The number of hydrazone groups is 1. The minimum Gasteiger partial charge on any atom is -0.272 e. The van der Waals surface area contributed by atoms with Crippen LogP contribution in [0.3, 0.4) is 0 Å². The summed E-state index contributed by atoms with van der Waals surface area (Å²) < 4.78 is 0. The Hall–Kier alpha value is -1.64. The van der Waals surface area contributed by atoms with Crippen LogP contribution in [0.2, 0.25) is 0 Å². The summed E-state index contributed by atoms with van der Waals surface area (Å²) >= 11 is 0. The van der Waals surface area contributed by atoms with Gasteiger partial charge in [-0.25, -0.2) is 5.01 Å². The zero-order chi connectivity index (χ0) is 10.1. The molecule has 1 atom stereocenters. The molecule has 14 heavy (non-hydrogen) atoms. The van der Waals surface area contributed by atoms with Gasteiger partial charge in [0.25, 0.3) is 5.91 Å². The van der Waals surface area contributed by atoms with Crippen LogP contribution in [-0.2, 0) is 4.79 Å².